The van der Waals surface area contributed by atoms with Gasteiger partial charge in [-0.25, -0.2) is 9.97 Å². The summed E-state index contributed by atoms with van der Waals surface area (Å²) >= 11 is 0. The lowest BCUT2D eigenvalue weighted by Gasteiger charge is -2.36. The molecule has 6 heteroatoms. The maximum atomic E-state index is 5.47. The topological polar surface area (TPSA) is 50.7 Å². The Bertz CT molecular complexity index is 814. The molecule has 0 unspecified atom stereocenters. The number of methoxy groups -OCH3 is 2. The predicted octanol–water partition coefficient (Wildman–Crippen LogP) is 3.56. The van der Waals surface area contributed by atoms with E-state index in [0.717, 1.165) is 61.6 Å². The minimum atomic E-state index is 0.341. The molecular formula is C22H32N4O2. The van der Waals surface area contributed by atoms with Gasteiger partial charge < -0.3 is 14.4 Å². The second-order valence-electron chi connectivity index (χ2n) is 7.78. The molecular weight excluding hydrogens is 352 g/mol. The van der Waals surface area contributed by atoms with Gasteiger partial charge in [-0.15, -0.1) is 0 Å². The molecule has 2 aromatic rings. The first-order chi connectivity index (χ1) is 13.4. The van der Waals surface area contributed by atoms with Crippen LogP contribution >= 0.6 is 0 Å². The fraction of sp³-hybridized carbons (Fsp3) is 0.545. The van der Waals surface area contributed by atoms with Crippen LogP contribution in [0.3, 0.4) is 0 Å². The molecule has 1 fully saturated rings. The molecule has 1 aromatic heterocycles. The Morgan fingerprint density at radius 2 is 1.57 bits per heavy atom. The van der Waals surface area contributed by atoms with Crippen LogP contribution in [-0.2, 0) is 6.54 Å². The highest BCUT2D eigenvalue weighted by Crippen LogP contribution is 2.31. The smallest absolute Gasteiger partial charge is 0.161 e. The van der Waals surface area contributed by atoms with E-state index in [1.54, 1.807) is 14.2 Å². The molecule has 0 spiro atoms. The summed E-state index contributed by atoms with van der Waals surface area (Å²) < 4.78 is 10.9. The van der Waals surface area contributed by atoms with E-state index in [4.69, 9.17) is 14.5 Å². The van der Waals surface area contributed by atoms with Gasteiger partial charge >= 0.3 is 0 Å². The average Bonchev–Trinajstić information content (AvgIpc) is 2.69. The van der Waals surface area contributed by atoms with Gasteiger partial charge in [-0.05, 0) is 37.1 Å². The summed E-state index contributed by atoms with van der Waals surface area (Å²) in [6.45, 7) is 13.3. The van der Waals surface area contributed by atoms with E-state index in [9.17, 15) is 0 Å². The fourth-order valence-electron chi connectivity index (χ4n) is 3.56. The highest BCUT2D eigenvalue weighted by molar-refractivity contribution is 5.47. The Morgan fingerprint density at radius 3 is 2.18 bits per heavy atom. The monoisotopic (exact) mass is 384 g/mol. The van der Waals surface area contributed by atoms with Gasteiger partial charge in [-0.2, -0.15) is 0 Å². The van der Waals surface area contributed by atoms with Crippen LogP contribution in [0.2, 0.25) is 0 Å². The van der Waals surface area contributed by atoms with E-state index >= 15 is 0 Å². The molecule has 28 heavy (non-hydrogen) atoms. The van der Waals surface area contributed by atoms with Crippen molar-refractivity contribution in [1.82, 2.24) is 14.9 Å². The second-order valence-corrected chi connectivity index (χ2v) is 7.78. The van der Waals surface area contributed by atoms with E-state index in [1.165, 1.54) is 11.1 Å². The van der Waals surface area contributed by atoms with Gasteiger partial charge in [0.05, 0.1) is 14.2 Å². The molecule has 1 aliphatic rings. The first-order valence-corrected chi connectivity index (χ1v) is 9.95. The van der Waals surface area contributed by atoms with Gasteiger partial charge in [-0.3, -0.25) is 4.90 Å². The number of piperazine rings is 1. The molecule has 1 saturated heterocycles. The van der Waals surface area contributed by atoms with Crippen molar-refractivity contribution < 1.29 is 9.47 Å². The molecule has 0 bridgehead atoms. The SMILES string of the molecule is COc1cc(C)c(CN2CCN(c3cc(C)nc(C(C)C)n3)CC2)cc1OC. The molecule has 152 valence electrons. The third-order valence-corrected chi connectivity index (χ3v) is 5.31. The van der Waals surface area contributed by atoms with Crippen molar-refractivity contribution >= 4 is 5.82 Å². The van der Waals surface area contributed by atoms with Crippen LogP contribution in [-0.4, -0.2) is 55.3 Å². The zero-order valence-corrected chi connectivity index (χ0v) is 18.0. The Labute approximate surface area is 168 Å². The lowest BCUT2D eigenvalue weighted by molar-refractivity contribution is 0.248. The van der Waals surface area contributed by atoms with Crippen LogP contribution in [0, 0.1) is 13.8 Å². The van der Waals surface area contributed by atoms with Gasteiger partial charge in [0.25, 0.3) is 0 Å². The number of rotatable bonds is 6. The summed E-state index contributed by atoms with van der Waals surface area (Å²) in [6, 6.07) is 6.25. The lowest BCUT2D eigenvalue weighted by Crippen LogP contribution is -2.46. The molecule has 0 saturated carbocycles. The lowest BCUT2D eigenvalue weighted by atomic mass is 10.1. The summed E-state index contributed by atoms with van der Waals surface area (Å²) in [5, 5.41) is 0. The number of ether oxygens (including phenoxy) is 2. The number of aromatic nitrogens is 2. The first-order valence-electron chi connectivity index (χ1n) is 9.95. The summed E-state index contributed by atoms with van der Waals surface area (Å²) in [6.07, 6.45) is 0. The van der Waals surface area contributed by atoms with Gasteiger partial charge in [0, 0.05) is 50.4 Å². The van der Waals surface area contributed by atoms with Crippen LogP contribution < -0.4 is 14.4 Å². The van der Waals surface area contributed by atoms with Crippen LogP contribution in [0.15, 0.2) is 18.2 Å². The maximum Gasteiger partial charge on any atom is 0.161 e. The Morgan fingerprint density at radius 1 is 0.929 bits per heavy atom. The van der Waals surface area contributed by atoms with E-state index in [2.05, 4.69) is 53.8 Å². The highest BCUT2D eigenvalue weighted by Gasteiger charge is 2.20. The molecule has 0 amide bonds. The van der Waals surface area contributed by atoms with E-state index < -0.39 is 0 Å². The molecule has 0 radical (unpaired) electrons. The Hall–Kier alpha value is -2.34. The van der Waals surface area contributed by atoms with E-state index in [1.807, 2.05) is 6.92 Å². The summed E-state index contributed by atoms with van der Waals surface area (Å²) in [4.78, 5) is 14.2. The van der Waals surface area contributed by atoms with Crippen LogP contribution in [0.5, 0.6) is 11.5 Å². The molecule has 2 heterocycles. The predicted molar refractivity (Wildman–Crippen MR) is 113 cm³/mol. The molecule has 1 aromatic carbocycles. The van der Waals surface area contributed by atoms with Crippen LogP contribution in [0.4, 0.5) is 5.82 Å². The number of hydrogen-bond donors (Lipinski definition) is 0. The molecule has 0 N–H and O–H groups in total. The minimum absolute atomic E-state index is 0.341. The Balaban J connectivity index is 1.66. The standard InChI is InChI=1S/C22H32N4O2/c1-15(2)22-23-17(4)12-21(24-22)26-9-7-25(8-10-26)14-18-13-20(28-6)19(27-5)11-16(18)3/h11-13,15H,7-10,14H2,1-6H3. The summed E-state index contributed by atoms with van der Waals surface area (Å²) in [5.74, 6) is 3.90. The third-order valence-electron chi connectivity index (χ3n) is 5.31. The largest absolute Gasteiger partial charge is 0.493 e. The zero-order chi connectivity index (χ0) is 20.3. The van der Waals surface area contributed by atoms with Crippen LogP contribution in [0.25, 0.3) is 0 Å². The van der Waals surface area contributed by atoms with Gasteiger partial charge in [0.15, 0.2) is 11.5 Å². The van der Waals surface area contributed by atoms with Crippen molar-refractivity contribution in [3.8, 4) is 11.5 Å². The molecule has 0 aliphatic carbocycles. The van der Waals surface area contributed by atoms with Crippen molar-refractivity contribution in [3.63, 3.8) is 0 Å². The fourth-order valence-corrected chi connectivity index (χ4v) is 3.56. The zero-order valence-electron chi connectivity index (χ0n) is 18.0. The third kappa shape index (κ3) is 4.55. The number of hydrogen-bond acceptors (Lipinski definition) is 6. The van der Waals surface area contributed by atoms with E-state index in [0.29, 0.717) is 5.92 Å². The van der Waals surface area contributed by atoms with Crippen molar-refractivity contribution in [2.75, 3.05) is 45.3 Å². The number of benzene rings is 1. The molecule has 3 rings (SSSR count). The van der Waals surface area contributed by atoms with Crippen molar-refractivity contribution in [1.29, 1.82) is 0 Å². The first kappa shape index (κ1) is 20.4. The van der Waals surface area contributed by atoms with E-state index in [-0.39, 0.29) is 0 Å². The van der Waals surface area contributed by atoms with Crippen LogP contribution in [0.1, 0.15) is 42.4 Å². The summed E-state index contributed by atoms with van der Waals surface area (Å²) in [7, 11) is 3.36. The quantitative estimate of drug-likeness (QED) is 0.759. The van der Waals surface area contributed by atoms with Gasteiger partial charge in [0.2, 0.25) is 0 Å². The maximum absolute atomic E-state index is 5.47. The molecule has 6 nitrogen and oxygen atoms in total. The molecule has 1 aliphatic heterocycles. The number of anilines is 1. The Kier molecular flexibility index (Phi) is 6.39. The van der Waals surface area contributed by atoms with Crippen molar-refractivity contribution in [3.05, 3.63) is 40.8 Å². The van der Waals surface area contributed by atoms with Gasteiger partial charge in [-0.1, -0.05) is 13.8 Å². The van der Waals surface area contributed by atoms with Gasteiger partial charge in [0.1, 0.15) is 11.6 Å². The minimum Gasteiger partial charge on any atom is -0.493 e. The highest BCUT2D eigenvalue weighted by atomic mass is 16.5. The average molecular weight is 385 g/mol. The second kappa shape index (κ2) is 8.78. The van der Waals surface area contributed by atoms with Crippen molar-refractivity contribution in [2.45, 2.75) is 40.2 Å². The number of nitrogens with zero attached hydrogens (tertiary/aromatic N) is 4. The normalized spacial score (nSPS) is 15.2. The summed E-state index contributed by atoms with van der Waals surface area (Å²) in [5.41, 5.74) is 3.55. The van der Waals surface area contributed by atoms with Crippen molar-refractivity contribution in [2.24, 2.45) is 0 Å². The molecule has 0 atom stereocenters. The number of aryl methyl sites for hydroxylation is 2.